The van der Waals surface area contributed by atoms with Crippen LogP contribution < -0.4 is 16.2 Å². The van der Waals surface area contributed by atoms with E-state index in [1.54, 1.807) is 37.4 Å². The van der Waals surface area contributed by atoms with Gasteiger partial charge in [0.05, 0.1) is 11.3 Å². The minimum Gasteiger partial charge on any atom is -0.421 e. The molecule has 144 valence electrons. The Morgan fingerprint density at radius 1 is 0.897 bits per heavy atom. The molecule has 0 fully saturated rings. The summed E-state index contributed by atoms with van der Waals surface area (Å²) in [6.07, 6.45) is 2.91. The van der Waals surface area contributed by atoms with E-state index < -0.39 is 5.82 Å². The summed E-state index contributed by atoms with van der Waals surface area (Å²) in [5.41, 5.74) is 15.6. The molecule has 0 unspecified atom stereocenters. The molecule has 4 rings (SSSR count). The van der Waals surface area contributed by atoms with E-state index in [1.165, 1.54) is 18.5 Å². The predicted molar refractivity (Wildman–Crippen MR) is 109 cm³/mol. The summed E-state index contributed by atoms with van der Waals surface area (Å²) in [5.74, 6) is -0.343. The molecule has 8 heteroatoms. The number of nitrogen functional groups attached to an aromatic ring is 2. The molecule has 0 saturated carbocycles. The summed E-state index contributed by atoms with van der Waals surface area (Å²) in [7, 11) is 0. The predicted octanol–water partition coefficient (Wildman–Crippen LogP) is 4.00. The summed E-state index contributed by atoms with van der Waals surface area (Å²) >= 11 is 0. The highest BCUT2D eigenvalue weighted by atomic mass is 19.1. The second-order valence-electron chi connectivity index (χ2n) is 6.33. The molecule has 7 nitrogen and oxygen atoms in total. The number of rotatable bonds is 4. The maximum absolute atomic E-state index is 14.8. The van der Waals surface area contributed by atoms with Crippen LogP contribution in [0.2, 0.25) is 0 Å². The first kappa shape index (κ1) is 18.3. The fraction of sp³-hybridized carbons (Fsp3) is 0.0476. The zero-order valence-electron chi connectivity index (χ0n) is 15.5. The number of ether oxygens (including phenoxy) is 1. The van der Waals surface area contributed by atoms with Crippen molar-refractivity contribution in [1.29, 1.82) is 0 Å². The molecule has 4 aromatic rings. The third-order valence-corrected chi connectivity index (χ3v) is 4.26. The van der Waals surface area contributed by atoms with Crippen LogP contribution in [-0.4, -0.2) is 19.9 Å². The van der Waals surface area contributed by atoms with Crippen LogP contribution in [0.4, 0.5) is 15.9 Å². The first-order valence-corrected chi connectivity index (χ1v) is 8.75. The molecule has 0 spiro atoms. The highest BCUT2D eigenvalue weighted by molar-refractivity contribution is 5.87. The van der Waals surface area contributed by atoms with E-state index >= 15 is 0 Å². The number of aromatic nitrogens is 4. The Morgan fingerprint density at radius 2 is 1.66 bits per heavy atom. The van der Waals surface area contributed by atoms with Crippen molar-refractivity contribution in [1.82, 2.24) is 19.9 Å². The molecule has 0 aliphatic carbocycles. The van der Waals surface area contributed by atoms with Gasteiger partial charge in [-0.25, -0.2) is 24.3 Å². The van der Waals surface area contributed by atoms with Gasteiger partial charge in [0.1, 0.15) is 12.1 Å². The van der Waals surface area contributed by atoms with Crippen LogP contribution in [0.15, 0.2) is 61.1 Å². The Hall–Kier alpha value is -4.07. The largest absolute Gasteiger partial charge is 0.421 e. The molecule has 2 heterocycles. The third-order valence-electron chi connectivity index (χ3n) is 4.26. The van der Waals surface area contributed by atoms with E-state index in [0.717, 1.165) is 11.3 Å². The Bertz CT molecular complexity index is 1180. The molecule has 2 aromatic carbocycles. The summed E-state index contributed by atoms with van der Waals surface area (Å²) in [6, 6.07) is 13.5. The van der Waals surface area contributed by atoms with Gasteiger partial charge in [-0.15, -0.1) is 0 Å². The number of halogens is 1. The van der Waals surface area contributed by atoms with Gasteiger partial charge >= 0.3 is 6.01 Å². The Balaban J connectivity index is 1.74. The number of hydrogen-bond acceptors (Lipinski definition) is 7. The van der Waals surface area contributed by atoms with E-state index in [1.807, 2.05) is 12.1 Å². The molecule has 0 radical (unpaired) electrons. The van der Waals surface area contributed by atoms with E-state index in [-0.39, 0.29) is 17.6 Å². The fourth-order valence-electron chi connectivity index (χ4n) is 2.86. The average molecular weight is 388 g/mol. The summed E-state index contributed by atoms with van der Waals surface area (Å²) < 4.78 is 20.2. The average Bonchev–Trinajstić information content (AvgIpc) is 2.70. The van der Waals surface area contributed by atoms with Crippen LogP contribution in [-0.2, 0) is 0 Å². The highest BCUT2D eigenvalue weighted by Gasteiger charge is 2.16. The van der Waals surface area contributed by atoms with Gasteiger partial charge in [0, 0.05) is 23.1 Å². The highest BCUT2D eigenvalue weighted by Crippen LogP contribution is 2.36. The summed E-state index contributed by atoms with van der Waals surface area (Å²) in [4.78, 5) is 16.5. The minimum atomic E-state index is -0.584. The first-order valence-electron chi connectivity index (χ1n) is 8.75. The van der Waals surface area contributed by atoms with Crippen molar-refractivity contribution in [2.45, 2.75) is 6.92 Å². The van der Waals surface area contributed by atoms with Gasteiger partial charge in [-0.1, -0.05) is 18.2 Å². The van der Waals surface area contributed by atoms with Crippen molar-refractivity contribution in [2.75, 3.05) is 11.5 Å². The lowest BCUT2D eigenvalue weighted by Crippen LogP contribution is -2.00. The zero-order valence-corrected chi connectivity index (χ0v) is 15.5. The Morgan fingerprint density at radius 3 is 2.38 bits per heavy atom. The van der Waals surface area contributed by atoms with Crippen molar-refractivity contribution in [3.05, 3.63) is 72.6 Å². The monoisotopic (exact) mass is 388 g/mol. The number of nitrogens with two attached hydrogens (primary N) is 2. The molecule has 0 aliphatic rings. The van der Waals surface area contributed by atoms with E-state index in [4.69, 9.17) is 16.2 Å². The SMILES string of the molecule is Cc1ccnc(Oc2ccc(-c3c(N)ncnc3-c3ccc(N)cc3)cc2F)n1. The van der Waals surface area contributed by atoms with Crippen LogP contribution in [0.3, 0.4) is 0 Å². The molecule has 0 amide bonds. The van der Waals surface area contributed by atoms with Gasteiger partial charge in [-0.05, 0) is 42.8 Å². The fourth-order valence-corrected chi connectivity index (χ4v) is 2.86. The normalized spacial score (nSPS) is 10.7. The van der Waals surface area contributed by atoms with Crippen molar-refractivity contribution in [3.8, 4) is 34.1 Å². The lowest BCUT2D eigenvalue weighted by molar-refractivity contribution is 0.410. The van der Waals surface area contributed by atoms with Gasteiger partial charge in [-0.3, -0.25) is 0 Å². The van der Waals surface area contributed by atoms with Crippen LogP contribution in [0, 0.1) is 12.7 Å². The maximum atomic E-state index is 14.8. The van der Waals surface area contributed by atoms with Crippen LogP contribution in [0.1, 0.15) is 5.69 Å². The maximum Gasteiger partial charge on any atom is 0.322 e. The van der Waals surface area contributed by atoms with Crippen molar-refractivity contribution in [2.24, 2.45) is 0 Å². The molecule has 29 heavy (non-hydrogen) atoms. The quantitative estimate of drug-likeness (QED) is 0.508. The topological polar surface area (TPSA) is 113 Å². The lowest BCUT2D eigenvalue weighted by Gasteiger charge is -2.12. The molecule has 0 saturated heterocycles. The van der Waals surface area contributed by atoms with Crippen molar-refractivity contribution < 1.29 is 9.13 Å². The first-order chi connectivity index (χ1) is 14.0. The zero-order chi connectivity index (χ0) is 20.4. The van der Waals surface area contributed by atoms with Gasteiger partial charge in [-0.2, -0.15) is 0 Å². The second kappa shape index (κ2) is 7.51. The van der Waals surface area contributed by atoms with Crippen LogP contribution in [0.5, 0.6) is 11.8 Å². The summed E-state index contributed by atoms with van der Waals surface area (Å²) in [6.45, 7) is 1.80. The standard InChI is InChI=1S/C21H17FN6O/c1-12-8-9-25-21(28-12)29-17-7-4-14(10-16(17)22)18-19(26-11-27-20(18)24)13-2-5-15(23)6-3-13/h2-11H,23H2,1H3,(H2,24,26,27). The third kappa shape index (κ3) is 3.81. The number of anilines is 2. The molecular weight excluding hydrogens is 371 g/mol. The van der Waals surface area contributed by atoms with Crippen LogP contribution in [0.25, 0.3) is 22.4 Å². The van der Waals surface area contributed by atoms with E-state index in [2.05, 4.69) is 19.9 Å². The molecule has 0 atom stereocenters. The molecule has 4 N–H and O–H groups in total. The second-order valence-corrected chi connectivity index (χ2v) is 6.33. The van der Waals surface area contributed by atoms with Crippen molar-refractivity contribution in [3.63, 3.8) is 0 Å². The number of aryl methyl sites for hydroxylation is 1. The van der Waals surface area contributed by atoms with Crippen LogP contribution >= 0.6 is 0 Å². The van der Waals surface area contributed by atoms with Crippen molar-refractivity contribution >= 4 is 11.5 Å². The lowest BCUT2D eigenvalue weighted by atomic mass is 9.99. The van der Waals surface area contributed by atoms with Gasteiger partial charge < -0.3 is 16.2 Å². The van der Waals surface area contributed by atoms with Gasteiger partial charge in [0.2, 0.25) is 0 Å². The van der Waals surface area contributed by atoms with Gasteiger partial charge in [0.15, 0.2) is 11.6 Å². The van der Waals surface area contributed by atoms with E-state index in [9.17, 15) is 4.39 Å². The molecular formula is C21H17FN6O. The van der Waals surface area contributed by atoms with E-state index in [0.29, 0.717) is 22.5 Å². The van der Waals surface area contributed by atoms with Gasteiger partial charge in [0.25, 0.3) is 0 Å². The molecule has 0 aliphatic heterocycles. The summed E-state index contributed by atoms with van der Waals surface area (Å²) in [5, 5.41) is 0. The molecule has 2 aromatic heterocycles. The Labute approximate surface area is 166 Å². The number of hydrogen-bond donors (Lipinski definition) is 2. The minimum absolute atomic E-state index is 0.00352. The Kier molecular flexibility index (Phi) is 4.74. The smallest absolute Gasteiger partial charge is 0.322 e. The number of benzene rings is 2. The molecule has 0 bridgehead atoms. The number of nitrogens with zero attached hydrogens (tertiary/aromatic N) is 4.